The largest absolute Gasteiger partial charge is 0.481 e. The second kappa shape index (κ2) is 5.69. The minimum absolute atomic E-state index is 0.0812. The van der Waals surface area contributed by atoms with Gasteiger partial charge in [0.05, 0.1) is 5.92 Å². The summed E-state index contributed by atoms with van der Waals surface area (Å²) in [4.78, 5) is 13.1. The number of rotatable bonds is 3. The molecule has 1 fully saturated rings. The number of hydrogen-bond donors (Lipinski definition) is 2. The van der Waals surface area contributed by atoms with Crippen LogP contribution in [0.4, 0.5) is 0 Å². The third-order valence-electron chi connectivity index (χ3n) is 3.26. The molecule has 1 aromatic rings. The lowest BCUT2D eigenvalue weighted by molar-refractivity contribution is -0.144. The Morgan fingerprint density at radius 2 is 2.17 bits per heavy atom. The highest BCUT2D eigenvalue weighted by molar-refractivity contribution is 6.31. The SMILES string of the molecule is NC1CC(C(=O)O)CN(Cc2ccccc2Cl)C1. The molecule has 1 aromatic carbocycles. The van der Waals surface area contributed by atoms with Gasteiger partial charge in [-0.05, 0) is 18.1 Å². The van der Waals surface area contributed by atoms with E-state index in [9.17, 15) is 4.79 Å². The topological polar surface area (TPSA) is 66.6 Å². The summed E-state index contributed by atoms with van der Waals surface area (Å²) < 4.78 is 0. The van der Waals surface area contributed by atoms with Crippen molar-refractivity contribution in [2.24, 2.45) is 11.7 Å². The average molecular weight is 269 g/mol. The minimum atomic E-state index is -0.769. The van der Waals surface area contributed by atoms with Crippen LogP contribution in [0.1, 0.15) is 12.0 Å². The fraction of sp³-hybridized carbons (Fsp3) is 0.462. The third kappa shape index (κ3) is 3.22. The second-order valence-corrected chi connectivity index (χ2v) is 5.22. The Morgan fingerprint density at radius 3 is 2.83 bits per heavy atom. The molecular weight excluding hydrogens is 252 g/mol. The van der Waals surface area contributed by atoms with E-state index in [-0.39, 0.29) is 12.0 Å². The van der Waals surface area contributed by atoms with Crippen molar-refractivity contribution in [2.75, 3.05) is 13.1 Å². The second-order valence-electron chi connectivity index (χ2n) is 4.82. The third-order valence-corrected chi connectivity index (χ3v) is 3.63. The lowest BCUT2D eigenvalue weighted by Gasteiger charge is -2.34. The van der Waals surface area contributed by atoms with Gasteiger partial charge in [-0.15, -0.1) is 0 Å². The minimum Gasteiger partial charge on any atom is -0.481 e. The number of piperidine rings is 1. The zero-order valence-electron chi connectivity index (χ0n) is 10.1. The number of nitrogens with zero attached hydrogens (tertiary/aromatic N) is 1. The molecule has 0 saturated carbocycles. The molecule has 98 valence electrons. The van der Waals surface area contributed by atoms with Crippen molar-refractivity contribution >= 4 is 17.6 Å². The van der Waals surface area contributed by atoms with Crippen LogP contribution in [0.25, 0.3) is 0 Å². The van der Waals surface area contributed by atoms with Gasteiger partial charge in [0.2, 0.25) is 0 Å². The number of benzene rings is 1. The molecule has 4 nitrogen and oxygen atoms in total. The first-order chi connectivity index (χ1) is 8.56. The highest BCUT2D eigenvalue weighted by Crippen LogP contribution is 2.21. The first-order valence-corrected chi connectivity index (χ1v) is 6.38. The predicted octanol–water partition coefficient (Wildman–Crippen LogP) is 1.57. The summed E-state index contributed by atoms with van der Waals surface area (Å²) in [6, 6.07) is 7.53. The molecule has 0 radical (unpaired) electrons. The normalized spacial score (nSPS) is 25.0. The maximum Gasteiger partial charge on any atom is 0.307 e. The molecule has 2 unspecified atom stereocenters. The van der Waals surface area contributed by atoms with Gasteiger partial charge < -0.3 is 10.8 Å². The first-order valence-electron chi connectivity index (χ1n) is 6.00. The molecule has 1 heterocycles. The van der Waals surface area contributed by atoms with Gasteiger partial charge in [0.15, 0.2) is 0 Å². The molecule has 1 aliphatic heterocycles. The van der Waals surface area contributed by atoms with Crippen molar-refractivity contribution in [2.45, 2.75) is 19.0 Å². The van der Waals surface area contributed by atoms with Gasteiger partial charge in [-0.25, -0.2) is 0 Å². The zero-order valence-corrected chi connectivity index (χ0v) is 10.8. The van der Waals surface area contributed by atoms with E-state index in [2.05, 4.69) is 4.90 Å². The standard InChI is InChI=1S/C13H17ClN2O2/c14-12-4-2-1-3-9(12)6-16-7-10(13(17)18)5-11(15)8-16/h1-4,10-11H,5-8,15H2,(H,17,18). The van der Waals surface area contributed by atoms with Gasteiger partial charge in [-0.3, -0.25) is 9.69 Å². The summed E-state index contributed by atoms with van der Waals surface area (Å²) >= 11 is 6.10. The van der Waals surface area contributed by atoms with E-state index in [1.54, 1.807) is 0 Å². The summed E-state index contributed by atoms with van der Waals surface area (Å²) in [6.45, 7) is 1.90. The van der Waals surface area contributed by atoms with E-state index in [0.29, 0.717) is 24.5 Å². The molecule has 2 atom stereocenters. The molecule has 0 aromatic heterocycles. The molecule has 1 saturated heterocycles. The smallest absolute Gasteiger partial charge is 0.307 e. The molecule has 1 aliphatic rings. The Kier molecular flexibility index (Phi) is 4.22. The Hall–Kier alpha value is -1.10. The lowest BCUT2D eigenvalue weighted by atomic mass is 9.94. The first kappa shape index (κ1) is 13.3. The van der Waals surface area contributed by atoms with Crippen molar-refractivity contribution in [3.05, 3.63) is 34.9 Å². The Labute approximate surface area is 111 Å². The van der Waals surface area contributed by atoms with Gasteiger partial charge in [0.1, 0.15) is 0 Å². The van der Waals surface area contributed by atoms with Crippen molar-refractivity contribution in [1.82, 2.24) is 4.90 Å². The van der Waals surface area contributed by atoms with E-state index >= 15 is 0 Å². The summed E-state index contributed by atoms with van der Waals surface area (Å²) in [5.41, 5.74) is 6.92. The van der Waals surface area contributed by atoms with Crippen LogP contribution in [-0.2, 0) is 11.3 Å². The maximum absolute atomic E-state index is 11.1. The summed E-state index contributed by atoms with van der Waals surface area (Å²) in [7, 11) is 0. The van der Waals surface area contributed by atoms with Crippen LogP contribution < -0.4 is 5.73 Å². The maximum atomic E-state index is 11.1. The number of aliphatic carboxylic acids is 1. The highest BCUT2D eigenvalue weighted by Gasteiger charge is 2.29. The van der Waals surface area contributed by atoms with E-state index < -0.39 is 5.97 Å². The van der Waals surface area contributed by atoms with Gasteiger partial charge in [0.25, 0.3) is 0 Å². The van der Waals surface area contributed by atoms with E-state index in [4.69, 9.17) is 22.4 Å². The number of likely N-dealkylation sites (tertiary alicyclic amines) is 1. The van der Waals surface area contributed by atoms with Crippen LogP contribution in [0.3, 0.4) is 0 Å². The molecule has 0 amide bonds. The quantitative estimate of drug-likeness (QED) is 0.873. The fourth-order valence-corrected chi connectivity index (χ4v) is 2.60. The number of nitrogens with two attached hydrogens (primary N) is 1. The molecule has 0 aliphatic carbocycles. The van der Waals surface area contributed by atoms with Crippen molar-refractivity contribution in [3.8, 4) is 0 Å². The van der Waals surface area contributed by atoms with Gasteiger partial charge in [-0.1, -0.05) is 29.8 Å². The number of carbonyl (C=O) groups is 1. The van der Waals surface area contributed by atoms with E-state index in [1.807, 2.05) is 24.3 Å². The van der Waals surface area contributed by atoms with E-state index in [1.165, 1.54) is 0 Å². The molecular formula is C13H17ClN2O2. The lowest BCUT2D eigenvalue weighted by Crippen LogP contribution is -2.48. The number of hydrogen-bond acceptors (Lipinski definition) is 3. The van der Waals surface area contributed by atoms with Crippen molar-refractivity contribution in [3.63, 3.8) is 0 Å². The molecule has 3 N–H and O–H groups in total. The van der Waals surface area contributed by atoms with E-state index in [0.717, 1.165) is 12.1 Å². The molecule has 18 heavy (non-hydrogen) atoms. The Balaban J connectivity index is 2.05. The summed E-state index contributed by atoms with van der Waals surface area (Å²) in [5, 5.41) is 9.80. The van der Waals surface area contributed by atoms with Crippen LogP contribution >= 0.6 is 11.6 Å². The van der Waals surface area contributed by atoms with Crippen LogP contribution in [0.5, 0.6) is 0 Å². The molecule has 0 spiro atoms. The zero-order chi connectivity index (χ0) is 13.1. The van der Waals surface area contributed by atoms with Crippen molar-refractivity contribution in [1.29, 1.82) is 0 Å². The van der Waals surface area contributed by atoms with Crippen LogP contribution in [0, 0.1) is 5.92 Å². The van der Waals surface area contributed by atoms with Crippen LogP contribution in [-0.4, -0.2) is 35.1 Å². The predicted molar refractivity (Wildman–Crippen MR) is 70.4 cm³/mol. The van der Waals surface area contributed by atoms with Crippen LogP contribution in [0.2, 0.25) is 5.02 Å². The van der Waals surface area contributed by atoms with Crippen LogP contribution in [0.15, 0.2) is 24.3 Å². The number of carboxylic acid groups (broad SMARTS) is 1. The van der Waals surface area contributed by atoms with Gasteiger partial charge >= 0.3 is 5.97 Å². The monoisotopic (exact) mass is 268 g/mol. The average Bonchev–Trinajstić information content (AvgIpc) is 2.31. The Bertz CT molecular complexity index is 439. The molecule has 5 heteroatoms. The number of carboxylic acids is 1. The molecule has 2 rings (SSSR count). The molecule has 0 bridgehead atoms. The number of halogens is 1. The fourth-order valence-electron chi connectivity index (χ4n) is 2.41. The summed E-state index contributed by atoms with van der Waals surface area (Å²) in [5.74, 6) is -1.15. The van der Waals surface area contributed by atoms with Gasteiger partial charge in [0, 0.05) is 30.7 Å². The summed E-state index contributed by atoms with van der Waals surface area (Å²) in [6.07, 6.45) is 0.550. The Morgan fingerprint density at radius 1 is 1.44 bits per heavy atom. The highest BCUT2D eigenvalue weighted by atomic mass is 35.5. The van der Waals surface area contributed by atoms with Gasteiger partial charge in [-0.2, -0.15) is 0 Å². The van der Waals surface area contributed by atoms with Crippen molar-refractivity contribution < 1.29 is 9.90 Å².